The van der Waals surface area contributed by atoms with Crippen LogP contribution in [0.25, 0.3) is 0 Å². The van der Waals surface area contributed by atoms with Gasteiger partial charge in [-0.25, -0.2) is 0 Å². The number of rotatable bonds is 6. The first-order chi connectivity index (χ1) is 8.08. The average molecular weight is 257 g/mol. The summed E-state index contributed by atoms with van der Waals surface area (Å²) in [4.78, 5) is 0. The van der Waals surface area contributed by atoms with E-state index < -0.39 is 0 Å². The molecule has 0 aliphatic heterocycles. The third kappa shape index (κ3) is 4.10. The van der Waals surface area contributed by atoms with E-state index in [1.54, 1.807) is 7.11 Å². The Hall–Kier alpha value is -0.930. The zero-order valence-corrected chi connectivity index (χ0v) is 11.5. The van der Waals surface area contributed by atoms with Crippen molar-refractivity contribution in [3.63, 3.8) is 0 Å². The largest absolute Gasteiger partial charge is 0.495 e. The van der Waals surface area contributed by atoms with Crippen molar-refractivity contribution in [1.29, 1.82) is 0 Å². The summed E-state index contributed by atoms with van der Waals surface area (Å²) in [5.41, 5.74) is 7.76. The number of halogens is 1. The lowest BCUT2D eigenvalue weighted by Gasteiger charge is -2.14. The molecular formula is C13H21ClN2O. The van der Waals surface area contributed by atoms with Crippen molar-refractivity contribution in [2.75, 3.05) is 25.5 Å². The summed E-state index contributed by atoms with van der Waals surface area (Å²) in [6, 6.07) is 3.85. The number of hydrogen-bond acceptors (Lipinski definition) is 3. The summed E-state index contributed by atoms with van der Waals surface area (Å²) in [5, 5.41) is 4.01. The summed E-state index contributed by atoms with van der Waals surface area (Å²) in [5.74, 6) is 1.25. The maximum Gasteiger partial charge on any atom is 0.137 e. The van der Waals surface area contributed by atoms with Gasteiger partial charge in [-0.1, -0.05) is 18.5 Å². The first kappa shape index (κ1) is 14.1. The number of nitrogens with two attached hydrogens (primary N) is 1. The molecule has 3 N–H and O–H groups in total. The highest BCUT2D eigenvalue weighted by atomic mass is 35.5. The van der Waals surface area contributed by atoms with Crippen LogP contribution in [-0.2, 0) is 0 Å². The van der Waals surface area contributed by atoms with Crippen molar-refractivity contribution in [2.45, 2.75) is 20.3 Å². The topological polar surface area (TPSA) is 47.3 Å². The van der Waals surface area contributed by atoms with Crippen LogP contribution < -0.4 is 15.8 Å². The minimum Gasteiger partial charge on any atom is -0.495 e. The van der Waals surface area contributed by atoms with E-state index in [0.717, 1.165) is 30.8 Å². The van der Waals surface area contributed by atoms with Gasteiger partial charge in [-0.2, -0.15) is 0 Å². The number of hydrogen-bond donors (Lipinski definition) is 2. The van der Waals surface area contributed by atoms with Gasteiger partial charge in [0, 0.05) is 12.2 Å². The first-order valence-corrected chi connectivity index (χ1v) is 6.24. The lowest BCUT2D eigenvalue weighted by molar-refractivity contribution is 0.415. The van der Waals surface area contributed by atoms with Crippen LogP contribution in [0, 0.1) is 12.8 Å². The van der Waals surface area contributed by atoms with Gasteiger partial charge in [0.15, 0.2) is 0 Å². The molecule has 4 heteroatoms. The van der Waals surface area contributed by atoms with E-state index in [1.165, 1.54) is 0 Å². The predicted molar refractivity (Wildman–Crippen MR) is 74.1 cm³/mol. The molecule has 0 aliphatic rings. The number of benzene rings is 1. The van der Waals surface area contributed by atoms with E-state index in [2.05, 4.69) is 12.2 Å². The summed E-state index contributed by atoms with van der Waals surface area (Å²) >= 11 is 6.09. The van der Waals surface area contributed by atoms with Gasteiger partial charge in [-0.05, 0) is 43.5 Å². The molecule has 0 radical (unpaired) electrons. The summed E-state index contributed by atoms with van der Waals surface area (Å²) in [6.07, 6.45) is 1.06. The van der Waals surface area contributed by atoms with Crippen molar-refractivity contribution < 1.29 is 4.74 Å². The highest BCUT2D eigenvalue weighted by Crippen LogP contribution is 2.30. The van der Waals surface area contributed by atoms with E-state index >= 15 is 0 Å². The fourth-order valence-electron chi connectivity index (χ4n) is 1.57. The molecule has 17 heavy (non-hydrogen) atoms. The Morgan fingerprint density at radius 2 is 2.18 bits per heavy atom. The quantitative estimate of drug-likeness (QED) is 0.822. The predicted octanol–water partition coefficient (Wildman–Crippen LogP) is 3.05. The van der Waals surface area contributed by atoms with Crippen LogP contribution in [-0.4, -0.2) is 20.2 Å². The van der Waals surface area contributed by atoms with Gasteiger partial charge in [-0.15, -0.1) is 0 Å². The van der Waals surface area contributed by atoms with Crippen molar-refractivity contribution in [2.24, 2.45) is 11.7 Å². The van der Waals surface area contributed by atoms with E-state index in [-0.39, 0.29) is 0 Å². The van der Waals surface area contributed by atoms with E-state index in [1.807, 2.05) is 19.1 Å². The van der Waals surface area contributed by atoms with Crippen LogP contribution in [0.4, 0.5) is 5.69 Å². The molecule has 0 amide bonds. The summed E-state index contributed by atoms with van der Waals surface area (Å²) in [7, 11) is 1.62. The van der Waals surface area contributed by atoms with Gasteiger partial charge in [-0.3, -0.25) is 0 Å². The lowest BCUT2D eigenvalue weighted by atomic mass is 10.1. The SMILES string of the molecule is COc1cc(C)c(NCCC(C)CN)cc1Cl. The fraction of sp³-hybridized carbons (Fsp3) is 0.538. The average Bonchev–Trinajstić information content (AvgIpc) is 2.32. The van der Waals surface area contributed by atoms with Crippen LogP contribution in [0.2, 0.25) is 5.02 Å². The second-order valence-corrected chi connectivity index (χ2v) is 4.77. The van der Waals surface area contributed by atoms with Crippen LogP contribution in [0.3, 0.4) is 0 Å². The number of aryl methyl sites for hydroxylation is 1. The molecule has 1 atom stereocenters. The Balaban J connectivity index is 2.62. The Morgan fingerprint density at radius 1 is 1.47 bits per heavy atom. The van der Waals surface area contributed by atoms with Crippen molar-refractivity contribution >= 4 is 17.3 Å². The van der Waals surface area contributed by atoms with Crippen LogP contribution in [0.15, 0.2) is 12.1 Å². The molecule has 0 saturated heterocycles. The summed E-state index contributed by atoms with van der Waals surface area (Å²) in [6.45, 7) is 5.81. The molecule has 3 nitrogen and oxygen atoms in total. The van der Waals surface area contributed by atoms with Gasteiger partial charge < -0.3 is 15.8 Å². The highest BCUT2D eigenvalue weighted by molar-refractivity contribution is 6.32. The lowest BCUT2D eigenvalue weighted by Crippen LogP contribution is -2.15. The van der Waals surface area contributed by atoms with Gasteiger partial charge in [0.1, 0.15) is 5.75 Å². The molecule has 1 unspecified atom stereocenters. The normalized spacial score (nSPS) is 12.3. The van der Waals surface area contributed by atoms with Gasteiger partial charge in [0.05, 0.1) is 12.1 Å². The number of methoxy groups -OCH3 is 1. The molecule has 1 aromatic carbocycles. The van der Waals surface area contributed by atoms with Crippen molar-refractivity contribution in [3.8, 4) is 5.75 Å². The smallest absolute Gasteiger partial charge is 0.137 e. The van der Waals surface area contributed by atoms with Gasteiger partial charge in [0.2, 0.25) is 0 Å². The van der Waals surface area contributed by atoms with E-state index in [0.29, 0.717) is 16.7 Å². The third-order valence-corrected chi connectivity index (χ3v) is 3.15. The second kappa shape index (κ2) is 6.72. The first-order valence-electron chi connectivity index (χ1n) is 5.86. The molecule has 0 heterocycles. The Labute approximate surface area is 108 Å². The van der Waals surface area contributed by atoms with Crippen molar-refractivity contribution in [3.05, 3.63) is 22.7 Å². The maximum atomic E-state index is 6.09. The minimum atomic E-state index is 0.538. The molecule has 1 rings (SSSR count). The highest BCUT2D eigenvalue weighted by Gasteiger charge is 2.06. The Bertz CT molecular complexity index is 369. The number of anilines is 1. The van der Waals surface area contributed by atoms with Gasteiger partial charge in [0.25, 0.3) is 0 Å². The fourth-order valence-corrected chi connectivity index (χ4v) is 1.81. The Kier molecular flexibility index (Phi) is 5.59. The third-order valence-electron chi connectivity index (χ3n) is 2.85. The monoisotopic (exact) mass is 256 g/mol. The summed E-state index contributed by atoms with van der Waals surface area (Å²) < 4.78 is 5.16. The zero-order chi connectivity index (χ0) is 12.8. The maximum absolute atomic E-state index is 6.09. The molecule has 0 aliphatic carbocycles. The van der Waals surface area contributed by atoms with Gasteiger partial charge >= 0.3 is 0 Å². The van der Waals surface area contributed by atoms with Crippen molar-refractivity contribution in [1.82, 2.24) is 0 Å². The Morgan fingerprint density at radius 3 is 2.76 bits per heavy atom. The van der Waals surface area contributed by atoms with Crippen LogP contribution in [0.5, 0.6) is 5.75 Å². The standard InChI is InChI=1S/C13H21ClN2O/c1-9(8-15)4-5-16-12-7-11(14)13(17-3)6-10(12)2/h6-7,9,16H,4-5,8,15H2,1-3H3. The zero-order valence-electron chi connectivity index (χ0n) is 10.7. The molecule has 0 bridgehead atoms. The molecule has 1 aromatic rings. The van der Waals surface area contributed by atoms with E-state index in [9.17, 15) is 0 Å². The molecular weight excluding hydrogens is 236 g/mol. The molecule has 0 spiro atoms. The van der Waals surface area contributed by atoms with E-state index in [4.69, 9.17) is 22.1 Å². The van der Waals surface area contributed by atoms with Crippen LogP contribution >= 0.6 is 11.6 Å². The number of nitrogens with one attached hydrogen (secondary N) is 1. The number of ether oxygens (including phenoxy) is 1. The molecule has 0 saturated carbocycles. The molecule has 96 valence electrons. The minimum absolute atomic E-state index is 0.538. The van der Waals surface area contributed by atoms with Crippen LogP contribution in [0.1, 0.15) is 18.9 Å². The molecule has 0 fully saturated rings. The molecule has 0 aromatic heterocycles. The second-order valence-electron chi connectivity index (χ2n) is 4.36.